The topological polar surface area (TPSA) is 63.2 Å². The van der Waals surface area contributed by atoms with Crippen molar-refractivity contribution in [3.05, 3.63) is 23.9 Å². The zero-order valence-electron chi connectivity index (χ0n) is 12.7. The fraction of sp³-hybridized carbons (Fsp3) is 0.571. The first-order chi connectivity index (χ1) is 11.5. The third-order valence-electron chi connectivity index (χ3n) is 3.37. The summed E-state index contributed by atoms with van der Waals surface area (Å²) in [5, 5.41) is 4.11. The second-order valence-electron chi connectivity index (χ2n) is 5.59. The van der Waals surface area contributed by atoms with E-state index < -0.39 is 37.0 Å². The van der Waals surface area contributed by atoms with Crippen molar-refractivity contribution in [2.24, 2.45) is 5.92 Å². The van der Waals surface area contributed by atoms with Crippen molar-refractivity contribution in [2.45, 2.75) is 37.8 Å². The Morgan fingerprint density at radius 2 is 1.96 bits per heavy atom. The van der Waals surface area contributed by atoms with Crippen molar-refractivity contribution in [3.8, 4) is 5.88 Å². The van der Waals surface area contributed by atoms with Gasteiger partial charge in [-0.15, -0.1) is 0 Å². The molecule has 11 heteroatoms. The van der Waals surface area contributed by atoms with Crippen LogP contribution in [0.3, 0.4) is 0 Å². The normalized spacial score (nSPS) is 16.2. The van der Waals surface area contributed by atoms with Crippen LogP contribution in [0.2, 0.25) is 0 Å². The van der Waals surface area contributed by atoms with Crippen molar-refractivity contribution < 1.29 is 35.9 Å². The Morgan fingerprint density at radius 3 is 2.52 bits per heavy atom. The Labute approximate surface area is 138 Å². The van der Waals surface area contributed by atoms with E-state index in [0.29, 0.717) is 18.4 Å². The van der Waals surface area contributed by atoms with Crippen LogP contribution in [0.1, 0.15) is 18.4 Å². The zero-order chi connectivity index (χ0) is 18.7. The summed E-state index contributed by atoms with van der Waals surface area (Å²) in [6, 6.07) is -0.365. The predicted octanol–water partition coefficient (Wildman–Crippen LogP) is 3.16. The van der Waals surface area contributed by atoms with Gasteiger partial charge in [0.05, 0.1) is 0 Å². The number of urea groups is 1. The highest BCUT2D eigenvalue weighted by Crippen LogP contribution is 2.40. The average Bonchev–Trinajstić information content (AvgIpc) is 3.32. The van der Waals surface area contributed by atoms with Gasteiger partial charge in [0.1, 0.15) is 6.04 Å². The Hall–Kier alpha value is -2.20. The van der Waals surface area contributed by atoms with E-state index in [1.165, 1.54) is 12.3 Å². The highest BCUT2D eigenvalue weighted by Gasteiger charge is 2.49. The van der Waals surface area contributed by atoms with Crippen molar-refractivity contribution in [2.75, 3.05) is 6.61 Å². The third-order valence-corrected chi connectivity index (χ3v) is 3.37. The average molecular weight is 371 g/mol. The number of hydrogen-bond acceptors (Lipinski definition) is 3. The van der Waals surface area contributed by atoms with Gasteiger partial charge < -0.3 is 15.4 Å². The van der Waals surface area contributed by atoms with Gasteiger partial charge in [0.2, 0.25) is 5.88 Å². The number of ether oxygens (including phenoxy) is 1. The number of alkyl halides is 6. The summed E-state index contributed by atoms with van der Waals surface area (Å²) in [5.41, 5.74) is 0.331. The Kier molecular flexibility index (Phi) is 5.63. The van der Waals surface area contributed by atoms with E-state index in [2.05, 4.69) is 15.0 Å². The summed E-state index contributed by atoms with van der Waals surface area (Å²) >= 11 is 0. The second-order valence-corrected chi connectivity index (χ2v) is 5.59. The van der Waals surface area contributed by atoms with Gasteiger partial charge in [0, 0.05) is 18.8 Å². The molecule has 0 radical (unpaired) electrons. The number of amides is 2. The van der Waals surface area contributed by atoms with Gasteiger partial charge in [-0.2, -0.15) is 26.3 Å². The largest absolute Gasteiger partial charge is 0.468 e. The molecule has 2 N–H and O–H groups in total. The lowest BCUT2D eigenvalue weighted by Crippen LogP contribution is -2.50. The van der Waals surface area contributed by atoms with Crippen LogP contribution >= 0.6 is 0 Å². The summed E-state index contributed by atoms with van der Waals surface area (Å²) in [6.45, 7) is -1.71. The van der Waals surface area contributed by atoms with Crippen molar-refractivity contribution in [1.82, 2.24) is 15.6 Å². The maximum atomic E-state index is 12.8. The molecule has 25 heavy (non-hydrogen) atoms. The van der Waals surface area contributed by atoms with Gasteiger partial charge in [-0.3, -0.25) is 0 Å². The predicted molar refractivity (Wildman–Crippen MR) is 73.7 cm³/mol. The molecule has 1 aromatic heterocycles. The number of nitrogens with one attached hydrogen (secondary N) is 2. The lowest BCUT2D eigenvalue weighted by molar-refractivity contribution is -0.157. The number of nitrogens with zero attached hydrogens (tertiary/aromatic N) is 1. The van der Waals surface area contributed by atoms with Crippen molar-refractivity contribution in [3.63, 3.8) is 0 Å². The molecule has 0 aliphatic heterocycles. The fourth-order valence-corrected chi connectivity index (χ4v) is 2.07. The van der Waals surface area contributed by atoms with E-state index in [1.807, 2.05) is 5.32 Å². The molecule has 1 fully saturated rings. The van der Waals surface area contributed by atoms with E-state index in [0.717, 1.165) is 6.07 Å². The molecule has 2 rings (SSSR count). The second kappa shape index (κ2) is 7.36. The molecule has 0 bridgehead atoms. The molecule has 1 aromatic rings. The van der Waals surface area contributed by atoms with E-state index in [-0.39, 0.29) is 12.4 Å². The first-order valence-electron chi connectivity index (χ1n) is 7.30. The van der Waals surface area contributed by atoms with Gasteiger partial charge >= 0.3 is 18.4 Å². The van der Waals surface area contributed by atoms with E-state index in [1.54, 1.807) is 0 Å². The van der Waals surface area contributed by atoms with Crippen LogP contribution in [0.4, 0.5) is 31.1 Å². The lowest BCUT2D eigenvalue weighted by atomic mass is 10.2. The highest BCUT2D eigenvalue weighted by molar-refractivity contribution is 5.74. The molecule has 1 atom stereocenters. The van der Waals surface area contributed by atoms with Crippen LogP contribution in [0.15, 0.2) is 18.3 Å². The van der Waals surface area contributed by atoms with Gasteiger partial charge in [-0.05, 0) is 30.4 Å². The number of aromatic nitrogens is 1. The highest BCUT2D eigenvalue weighted by atomic mass is 19.4. The van der Waals surface area contributed by atoms with Gasteiger partial charge in [0.15, 0.2) is 6.61 Å². The molecule has 140 valence electrons. The maximum absolute atomic E-state index is 12.8. The lowest BCUT2D eigenvalue weighted by Gasteiger charge is -2.21. The molecule has 1 saturated carbocycles. The summed E-state index contributed by atoms with van der Waals surface area (Å²) in [7, 11) is 0. The molecular formula is C14H15F6N3O2. The first-order valence-corrected chi connectivity index (χ1v) is 7.30. The van der Waals surface area contributed by atoms with Crippen LogP contribution in [0, 0.1) is 5.92 Å². The summed E-state index contributed by atoms with van der Waals surface area (Å²) in [5.74, 6) is -0.919. The van der Waals surface area contributed by atoms with E-state index in [4.69, 9.17) is 0 Å². The Morgan fingerprint density at radius 1 is 1.28 bits per heavy atom. The number of carbonyl (C=O) groups is 1. The molecule has 1 aliphatic rings. The maximum Gasteiger partial charge on any atom is 0.422 e. The Bertz CT molecular complexity index is 601. The SMILES string of the molecule is O=C(NCc1ccnc(OCC(F)(F)F)c1)N[C@H](C1CC1)C(F)(F)F. The van der Waals surface area contributed by atoms with Crippen molar-refractivity contribution in [1.29, 1.82) is 0 Å². The fourth-order valence-electron chi connectivity index (χ4n) is 2.07. The molecule has 2 amide bonds. The van der Waals surface area contributed by atoms with Crippen LogP contribution in [0.25, 0.3) is 0 Å². The van der Waals surface area contributed by atoms with Gasteiger partial charge in [-0.25, -0.2) is 9.78 Å². The number of hydrogen-bond donors (Lipinski definition) is 2. The summed E-state index contributed by atoms with van der Waals surface area (Å²) in [4.78, 5) is 15.2. The molecule has 1 aliphatic carbocycles. The third kappa shape index (κ3) is 6.67. The summed E-state index contributed by atoms with van der Waals surface area (Å²) in [6.07, 6.45) is -7.09. The standard InChI is InChI=1S/C14H15F6N3O2/c15-13(16,17)7-25-10-5-8(3-4-21-10)6-22-12(24)23-11(9-1-2-9)14(18,19)20/h3-5,9,11H,1-2,6-7H2,(H2,22,23,24)/t11-/m1/s1. The zero-order valence-corrected chi connectivity index (χ0v) is 12.7. The molecular weight excluding hydrogens is 356 g/mol. The van der Waals surface area contributed by atoms with E-state index in [9.17, 15) is 31.1 Å². The Balaban J connectivity index is 1.85. The molecule has 0 saturated heterocycles. The number of halogens is 6. The van der Waals surface area contributed by atoms with Crippen LogP contribution < -0.4 is 15.4 Å². The van der Waals surface area contributed by atoms with E-state index >= 15 is 0 Å². The minimum atomic E-state index is -4.53. The summed E-state index contributed by atoms with van der Waals surface area (Å²) < 4.78 is 79.1. The minimum absolute atomic E-state index is 0.189. The quantitative estimate of drug-likeness (QED) is 0.755. The molecule has 0 spiro atoms. The molecule has 5 nitrogen and oxygen atoms in total. The molecule has 1 heterocycles. The minimum Gasteiger partial charge on any atom is -0.468 e. The first kappa shape index (κ1) is 19.1. The number of rotatable bonds is 6. The van der Waals surface area contributed by atoms with Crippen LogP contribution in [-0.2, 0) is 6.54 Å². The monoisotopic (exact) mass is 371 g/mol. The van der Waals surface area contributed by atoms with Crippen LogP contribution in [-0.4, -0.2) is 36.0 Å². The number of pyridine rings is 1. The van der Waals surface area contributed by atoms with Gasteiger partial charge in [0.25, 0.3) is 0 Å². The molecule has 0 aromatic carbocycles. The smallest absolute Gasteiger partial charge is 0.422 e. The number of carbonyl (C=O) groups excluding carboxylic acids is 1. The van der Waals surface area contributed by atoms with Crippen molar-refractivity contribution >= 4 is 6.03 Å². The molecule has 0 unspecified atom stereocenters. The van der Waals surface area contributed by atoms with Crippen LogP contribution in [0.5, 0.6) is 5.88 Å². The van der Waals surface area contributed by atoms with Gasteiger partial charge in [-0.1, -0.05) is 0 Å².